The fourth-order valence-electron chi connectivity index (χ4n) is 4.47. The van der Waals surface area contributed by atoms with Crippen molar-refractivity contribution in [3.05, 3.63) is 71.3 Å². The first kappa shape index (κ1) is 21.2. The van der Waals surface area contributed by atoms with E-state index in [1.165, 1.54) is 0 Å². The number of carbonyl (C=O) groups excluding carboxylic acids is 2. The topological polar surface area (TPSA) is 94.5 Å². The maximum Gasteiger partial charge on any atom is 0.262 e. The predicted molar refractivity (Wildman–Crippen MR) is 112 cm³/mol. The van der Waals surface area contributed by atoms with E-state index in [9.17, 15) is 14.7 Å². The molecule has 0 saturated carbocycles. The third-order valence-corrected chi connectivity index (χ3v) is 6.04. The second-order valence-electron chi connectivity index (χ2n) is 8.64. The van der Waals surface area contributed by atoms with Crippen molar-refractivity contribution in [1.29, 1.82) is 0 Å². The molecule has 32 heavy (non-hydrogen) atoms. The summed E-state index contributed by atoms with van der Waals surface area (Å²) in [7, 11) is 0. The van der Waals surface area contributed by atoms with E-state index in [0.717, 1.165) is 10.5 Å². The van der Waals surface area contributed by atoms with Gasteiger partial charge in [0.1, 0.15) is 24.4 Å². The maximum absolute atomic E-state index is 13.2. The number of carbonyl (C=O) groups is 2. The first-order valence-electron chi connectivity index (χ1n) is 10.6. The van der Waals surface area contributed by atoms with Crippen molar-refractivity contribution in [1.82, 2.24) is 4.90 Å². The molecule has 2 aromatic carbocycles. The van der Waals surface area contributed by atoms with Crippen molar-refractivity contribution < 1.29 is 33.6 Å². The van der Waals surface area contributed by atoms with Gasteiger partial charge in [0.15, 0.2) is 12.1 Å². The zero-order valence-corrected chi connectivity index (χ0v) is 17.8. The zero-order valence-electron chi connectivity index (χ0n) is 17.8. The van der Waals surface area contributed by atoms with Gasteiger partial charge in [-0.25, -0.2) is 0 Å². The molecule has 0 unspecified atom stereocenters. The molecule has 5 atom stereocenters. The van der Waals surface area contributed by atoms with Crippen molar-refractivity contribution in [3.63, 3.8) is 0 Å². The van der Waals surface area contributed by atoms with Crippen LogP contribution in [0.3, 0.4) is 0 Å². The normalized spacial score (nSPS) is 31.3. The van der Waals surface area contributed by atoms with Gasteiger partial charge >= 0.3 is 0 Å². The standard InChI is InChI=1S/C24H25NO7/c1-24(2)30-13-17-20(32-24)19(26)18(23(31-17)29-12-14-8-4-3-5-9-14)25-21(27)15-10-6-7-11-16(15)22(25)28/h3-11,17-20,23,26H,12-13H2,1-2H3/t17-,18-,19-,20-,23-/m1/s1. The molecule has 8 nitrogen and oxygen atoms in total. The van der Waals surface area contributed by atoms with Gasteiger partial charge in [0.2, 0.25) is 0 Å². The van der Waals surface area contributed by atoms with E-state index in [-0.39, 0.29) is 13.2 Å². The van der Waals surface area contributed by atoms with E-state index in [4.69, 9.17) is 18.9 Å². The summed E-state index contributed by atoms with van der Waals surface area (Å²) >= 11 is 0. The van der Waals surface area contributed by atoms with Gasteiger partial charge in [-0.05, 0) is 31.5 Å². The molecule has 3 aliphatic heterocycles. The minimum atomic E-state index is -1.22. The van der Waals surface area contributed by atoms with Crippen LogP contribution in [0, 0.1) is 0 Å². The minimum absolute atomic E-state index is 0.183. The molecule has 2 saturated heterocycles. The summed E-state index contributed by atoms with van der Waals surface area (Å²) in [5, 5.41) is 11.4. The fourth-order valence-corrected chi connectivity index (χ4v) is 4.47. The molecule has 2 aromatic rings. The Morgan fingerprint density at radius 2 is 1.66 bits per heavy atom. The molecule has 5 rings (SSSR count). The Morgan fingerprint density at radius 3 is 2.31 bits per heavy atom. The monoisotopic (exact) mass is 439 g/mol. The van der Waals surface area contributed by atoms with Crippen LogP contribution in [0.4, 0.5) is 0 Å². The van der Waals surface area contributed by atoms with E-state index >= 15 is 0 Å². The highest BCUT2D eigenvalue weighted by Gasteiger charge is 2.56. The molecule has 1 N–H and O–H groups in total. The van der Waals surface area contributed by atoms with E-state index < -0.39 is 48.2 Å². The summed E-state index contributed by atoms with van der Waals surface area (Å²) in [6.07, 6.45) is -3.67. The lowest BCUT2D eigenvalue weighted by molar-refractivity contribution is -0.373. The van der Waals surface area contributed by atoms with E-state index in [1.807, 2.05) is 30.3 Å². The summed E-state index contributed by atoms with van der Waals surface area (Å²) in [6, 6.07) is 15.0. The molecule has 0 spiro atoms. The second kappa shape index (κ2) is 8.06. The van der Waals surface area contributed by atoms with Crippen LogP contribution in [0.15, 0.2) is 54.6 Å². The van der Waals surface area contributed by atoms with Crippen LogP contribution in [0.2, 0.25) is 0 Å². The van der Waals surface area contributed by atoms with Gasteiger partial charge in [0, 0.05) is 0 Å². The number of aliphatic hydroxyl groups is 1. The highest BCUT2D eigenvalue weighted by atomic mass is 16.8. The van der Waals surface area contributed by atoms with Gasteiger partial charge in [-0.2, -0.15) is 0 Å². The van der Waals surface area contributed by atoms with Crippen molar-refractivity contribution >= 4 is 11.8 Å². The number of hydrogen-bond acceptors (Lipinski definition) is 7. The number of aliphatic hydroxyl groups excluding tert-OH is 1. The summed E-state index contributed by atoms with van der Waals surface area (Å²) in [5.74, 6) is -1.91. The third-order valence-electron chi connectivity index (χ3n) is 6.04. The smallest absolute Gasteiger partial charge is 0.262 e. The number of rotatable bonds is 4. The molecule has 3 heterocycles. The summed E-state index contributed by atoms with van der Waals surface area (Å²) in [5.41, 5.74) is 1.48. The molecule has 168 valence electrons. The fraction of sp³-hybridized carbons (Fsp3) is 0.417. The van der Waals surface area contributed by atoms with Crippen LogP contribution >= 0.6 is 0 Å². The van der Waals surface area contributed by atoms with Crippen molar-refractivity contribution in [3.8, 4) is 0 Å². The van der Waals surface area contributed by atoms with Gasteiger partial charge < -0.3 is 24.1 Å². The largest absolute Gasteiger partial charge is 0.388 e. The Balaban J connectivity index is 1.47. The lowest BCUT2D eigenvalue weighted by Gasteiger charge is -2.51. The number of nitrogens with zero attached hydrogens (tertiary/aromatic N) is 1. The average Bonchev–Trinajstić information content (AvgIpc) is 3.04. The molecule has 2 amide bonds. The minimum Gasteiger partial charge on any atom is -0.388 e. The molecule has 3 aliphatic rings. The van der Waals surface area contributed by atoms with Gasteiger partial charge in [-0.3, -0.25) is 14.5 Å². The van der Waals surface area contributed by atoms with E-state index in [0.29, 0.717) is 11.1 Å². The molecule has 8 heteroatoms. The van der Waals surface area contributed by atoms with Gasteiger partial charge in [-0.1, -0.05) is 42.5 Å². The molecule has 0 bridgehead atoms. The van der Waals surface area contributed by atoms with Crippen molar-refractivity contribution in [2.75, 3.05) is 6.61 Å². The van der Waals surface area contributed by atoms with Gasteiger partial charge in [0.05, 0.1) is 24.3 Å². The lowest BCUT2D eigenvalue weighted by Crippen LogP contribution is -2.69. The second-order valence-corrected chi connectivity index (χ2v) is 8.64. The summed E-state index contributed by atoms with van der Waals surface area (Å²) < 4.78 is 23.8. The zero-order chi connectivity index (χ0) is 22.5. The van der Waals surface area contributed by atoms with E-state index in [1.54, 1.807) is 38.1 Å². The quantitative estimate of drug-likeness (QED) is 0.729. The summed E-state index contributed by atoms with van der Waals surface area (Å²) in [4.78, 5) is 27.4. The van der Waals surface area contributed by atoms with Crippen LogP contribution in [0.5, 0.6) is 0 Å². The Kier molecular flexibility index (Phi) is 5.35. The predicted octanol–water partition coefficient (Wildman–Crippen LogP) is 2.11. The van der Waals surface area contributed by atoms with Crippen LogP contribution in [0.25, 0.3) is 0 Å². The van der Waals surface area contributed by atoms with Crippen molar-refractivity contribution in [2.45, 2.75) is 56.9 Å². The number of amides is 2. The highest BCUT2D eigenvalue weighted by molar-refractivity contribution is 6.21. The number of benzene rings is 2. The third kappa shape index (κ3) is 3.64. The van der Waals surface area contributed by atoms with Crippen molar-refractivity contribution in [2.24, 2.45) is 0 Å². The molecule has 0 radical (unpaired) electrons. The Hall–Kier alpha value is -2.62. The maximum atomic E-state index is 13.2. The Labute approximate surface area is 185 Å². The number of fused-ring (bicyclic) bond motifs is 2. The van der Waals surface area contributed by atoms with E-state index in [2.05, 4.69) is 0 Å². The van der Waals surface area contributed by atoms with Crippen LogP contribution in [0.1, 0.15) is 40.1 Å². The Morgan fingerprint density at radius 1 is 1.03 bits per heavy atom. The highest BCUT2D eigenvalue weighted by Crippen LogP contribution is 2.37. The SMILES string of the molecule is CC1(C)OC[C@H]2O[C@@H](OCc3ccccc3)[C@H](N3C(=O)c4ccccc4C3=O)[C@@H](O)[C@@H]2O1. The van der Waals surface area contributed by atoms with Gasteiger partial charge in [0.25, 0.3) is 11.8 Å². The molecule has 2 fully saturated rings. The van der Waals surface area contributed by atoms with Crippen LogP contribution in [-0.2, 0) is 25.6 Å². The first-order valence-corrected chi connectivity index (χ1v) is 10.6. The molecule has 0 aliphatic carbocycles. The van der Waals surface area contributed by atoms with Crippen LogP contribution in [-0.4, -0.2) is 64.9 Å². The number of ether oxygens (including phenoxy) is 4. The molecular formula is C24H25NO7. The average molecular weight is 439 g/mol. The van der Waals surface area contributed by atoms with Gasteiger partial charge in [-0.15, -0.1) is 0 Å². The first-order chi connectivity index (χ1) is 15.4. The molecule has 0 aromatic heterocycles. The number of imide groups is 1. The lowest BCUT2D eigenvalue weighted by atomic mass is 9.94. The Bertz CT molecular complexity index is 989. The summed E-state index contributed by atoms with van der Waals surface area (Å²) in [6.45, 7) is 3.85. The molecular weight excluding hydrogens is 414 g/mol. The number of hydrogen-bond donors (Lipinski definition) is 1. The van der Waals surface area contributed by atoms with Crippen LogP contribution < -0.4 is 0 Å².